The van der Waals surface area contributed by atoms with Gasteiger partial charge in [0.05, 0.1) is 5.69 Å². The highest BCUT2D eigenvalue weighted by molar-refractivity contribution is 5.55. The van der Waals surface area contributed by atoms with Gasteiger partial charge in [0.2, 0.25) is 0 Å². The van der Waals surface area contributed by atoms with Gasteiger partial charge in [0.1, 0.15) is 0 Å². The molecular formula is C13H15ClN2O. The van der Waals surface area contributed by atoms with Crippen LogP contribution in [0.25, 0.3) is 11.3 Å². The van der Waals surface area contributed by atoms with Crippen LogP contribution in [0.5, 0.6) is 0 Å². The lowest BCUT2D eigenvalue weighted by atomic mass is 10.2. The highest BCUT2D eigenvalue weighted by atomic mass is 35.5. The molecule has 1 aliphatic rings. The molecule has 2 heterocycles. The Morgan fingerprint density at radius 3 is 2.59 bits per heavy atom. The van der Waals surface area contributed by atoms with E-state index in [0.29, 0.717) is 0 Å². The molecular weight excluding hydrogens is 236 g/mol. The minimum Gasteiger partial charge on any atom is -1.00 e. The summed E-state index contributed by atoms with van der Waals surface area (Å²) in [7, 11) is 0. The summed E-state index contributed by atoms with van der Waals surface area (Å²) < 4.78 is 7.46. The maximum Gasteiger partial charge on any atom is 0.169 e. The van der Waals surface area contributed by atoms with Crippen LogP contribution in [0.3, 0.4) is 0 Å². The number of hydrogen-bond donors (Lipinski definition) is 0. The number of aryl methyl sites for hydroxylation is 1. The molecule has 3 nitrogen and oxygen atoms in total. The van der Waals surface area contributed by atoms with Crippen molar-refractivity contribution in [1.82, 2.24) is 5.16 Å². The number of aromatic nitrogens is 2. The van der Waals surface area contributed by atoms with E-state index in [9.17, 15) is 0 Å². The van der Waals surface area contributed by atoms with Crippen molar-refractivity contribution in [1.29, 1.82) is 0 Å². The number of rotatable bonds is 3. The van der Waals surface area contributed by atoms with Gasteiger partial charge in [-0.05, 0) is 19.8 Å². The first-order valence-electron chi connectivity index (χ1n) is 5.74. The van der Waals surface area contributed by atoms with E-state index in [0.717, 1.165) is 29.5 Å². The Balaban J connectivity index is 0.00000108. The highest BCUT2D eigenvalue weighted by Gasteiger charge is 2.25. The zero-order valence-electron chi connectivity index (χ0n) is 9.77. The van der Waals surface area contributed by atoms with Crippen LogP contribution in [0.1, 0.15) is 18.5 Å². The molecule has 2 aromatic rings. The van der Waals surface area contributed by atoms with Gasteiger partial charge in [0, 0.05) is 29.7 Å². The average Bonchev–Trinajstić information content (AvgIpc) is 3.00. The molecule has 0 atom stereocenters. The molecule has 0 N–H and O–H groups in total. The zero-order chi connectivity index (χ0) is 11.0. The Bertz CT molecular complexity index is 488. The van der Waals surface area contributed by atoms with Crippen LogP contribution in [0, 0.1) is 12.8 Å². The maximum absolute atomic E-state index is 5.22. The third-order valence-corrected chi connectivity index (χ3v) is 2.97. The van der Waals surface area contributed by atoms with Gasteiger partial charge in [-0.15, -0.1) is 0 Å². The fraction of sp³-hybridized carbons (Fsp3) is 0.385. The van der Waals surface area contributed by atoms with Crippen LogP contribution >= 0.6 is 0 Å². The maximum atomic E-state index is 5.22. The minimum atomic E-state index is 0. The Kier molecular flexibility index (Phi) is 3.48. The monoisotopic (exact) mass is 250 g/mol. The standard InChI is InChI=1S/C13H15N2O.ClH/c1-10-8-13(16-14-10)12-4-6-15(7-5-12)9-11-2-3-11;/h4-8,11H,2-3,9H2,1H3;1H/q+1;/p-1. The smallest absolute Gasteiger partial charge is 0.169 e. The van der Waals surface area contributed by atoms with Crippen molar-refractivity contribution in [2.75, 3.05) is 0 Å². The molecule has 0 radical (unpaired) electrons. The van der Waals surface area contributed by atoms with Gasteiger partial charge in [-0.25, -0.2) is 4.57 Å². The van der Waals surface area contributed by atoms with Gasteiger partial charge in [0.25, 0.3) is 0 Å². The van der Waals surface area contributed by atoms with E-state index in [1.54, 1.807) is 0 Å². The summed E-state index contributed by atoms with van der Waals surface area (Å²) in [6.07, 6.45) is 7.00. The highest BCUT2D eigenvalue weighted by Crippen LogP contribution is 2.28. The quantitative estimate of drug-likeness (QED) is 0.678. The van der Waals surface area contributed by atoms with Crippen molar-refractivity contribution < 1.29 is 21.5 Å². The molecule has 1 aliphatic carbocycles. The molecule has 0 amide bonds. The van der Waals surface area contributed by atoms with E-state index in [1.165, 1.54) is 12.8 Å². The largest absolute Gasteiger partial charge is 1.00 e. The Hall–Kier alpha value is -1.35. The molecule has 0 spiro atoms. The normalized spacial score (nSPS) is 14.4. The molecule has 0 unspecified atom stereocenters. The molecule has 0 aliphatic heterocycles. The lowest BCUT2D eigenvalue weighted by Crippen LogP contribution is -3.00. The second kappa shape index (κ2) is 4.88. The van der Waals surface area contributed by atoms with E-state index in [2.05, 4.69) is 34.3 Å². The molecule has 90 valence electrons. The third-order valence-electron chi connectivity index (χ3n) is 2.97. The van der Waals surface area contributed by atoms with E-state index in [1.807, 2.05) is 13.0 Å². The summed E-state index contributed by atoms with van der Waals surface area (Å²) in [5.41, 5.74) is 2.01. The van der Waals surface area contributed by atoms with Crippen molar-refractivity contribution in [3.05, 3.63) is 36.3 Å². The first kappa shape index (κ1) is 12.1. The van der Waals surface area contributed by atoms with Crippen LogP contribution in [-0.2, 0) is 6.54 Å². The molecule has 0 saturated heterocycles. The SMILES string of the molecule is Cc1cc(-c2cc[n+](CC3CC3)cc2)on1.[Cl-]. The fourth-order valence-corrected chi connectivity index (χ4v) is 1.84. The summed E-state index contributed by atoms with van der Waals surface area (Å²) in [5.74, 6) is 1.75. The lowest BCUT2D eigenvalue weighted by Gasteiger charge is -1.96. The van der Waals surface area contributed by atoms with Gasteiger partial charge in [-0.3, -0.25) is 0 Å². The summed E-state index contributed by atoms with van der Waals surface area (Å²) in [5, 5.41) is 3.89. The van der Waals surface area contributed by atoms with Crippen molar-refractivity contribution in [3.63, 3.8) is 0 Å². The first-order valence-corrected chi connectivity index (χ1v) is 5.74. The van der Waals surface area contributed by atoms with Gasteiger partial charge in [-0.1, -0.05) is 5.16 Å². The third kappa shape index (κ3) is 2.86. The summed E-state index contributed by atoms with van der Waals surface area (Å²) in [4.78, 5) is 0. The predicted octanol–water partition coefficient (Wildman–Crippen LogP) is -0.648. The summed E-state index contributed by atoms with van der Waals surface area (Å²) in [6, 6.07) is 6.13. The molecule has 1 fully saturated rings. The van der Waals surface area contributed by atoms with Gasteiger partial charge >= 0.3 is 0 Å². The molecule has 3 rings (SSSR count). The van der Waals surface area contributed by atoms with Crippen molar-refractivity contribution in [2.24, 2.45) is 5.92 Å². The van der Waals surface area contributed by atoms with E-state index < -0.39 is 0 Å². The van der Waals surface area contributed by atoms with E-state index in [4.69, 9.17) is 4.52 Å². The van der Waals surface area contributed by atoms with Crippen LogP contribution in [0.15, 0.2) is 35.1 Å². The van der Waals surface area contributed by atoms with Gasteiger partial charge in [-0.2, -0.15) is 0 Å². The molecule has 4 heteroatoms. The molecule has 0 bridgehead atoms. The Morgan fingerprint density at radius 1 is 1.35 bits per heavy atom. The Morgan fingerprint density at radius 2 is 2.06 bits per heavy atom. The number of nitrogens with zero attached hydrogens (tertiary/aromatic N) is 2. The first-order chi connectivity index (χ1) is 7.81. The second-order valence-electron chi connectivity index (χ2n) is 4.56. The summed E-state index contributed by atoms with van der Waals surface area (Å²) >= 11 is 0. The van der Waals surface area contributed by atoms with Gasteiger partial charge in [0.15, 0.2) is 24.7 Å². The number of hydrogen-bond acceptors (Lipinski definition) is 2. The topological polar surface area (TPSA) is 29.9 Å². The second-order valence-corrected chi connectivity index (χ2v) is 4.56. The molecule has 1 saturated carbocycles. The Labute approximate surface area is 107 Å². The van der Waals surface area contributed by atoms with Crippen LogP contribution < -0.4 is 17.0 Å². The van der Waals surface area contributed by atoms with Gasteiger partial charge < -0.3 is 16.9 Å². The zero-order valence-corrected chi connectivity index (χ0v) is 10.5. The fourth-order valence-electron chi connectivity index (χ4n) is 1.84. The van der Waals surface area contributed by atoms with Crippen molar-refractivity contribution in [3.8, 4) is 11.3 Å². The average molecular weight is 251 g/mol. The van der Waals surface area contributed by atoms with E-state index in [-0.39, 0.29) is 12.4 Å². The molecule has 2 aromatic heterocycles. The number of pyridine rings is 1. The van der Waals surface area contributed by atoms with E-state index >= 15 is 0 Å². The van der Waals surface area contributed by atoms with Crippen LogP contribution in [-0.4, -0.2) is 5.16 Å². The minimum absolute atomic E-state index is 0. The van der Waals surface area contributed by atoms with Crippen molar-refractivity contribution in [2.45, 2.75) is 26.3 Å². The van der Waals surface area contributed by atoms with Crippen LogP contribution in [0.2, 0.25) is 0 Å². The molecule has 0 aromatic carbocycles. The lowest BCUT2D eigenvalue weighted by molar-refractivity contribution is -0.700. The summed E-state index contributed by atoms with van der Waals surface area (Å²) in [6.45, 7) is 3.08. The van der Waals surface area contributed by atoms with Crippen LogP contribution in [0.4, 0.5) is 0 Å². The van der Waals surface area contributed by atoms with Crippen molar-refractivity contribution >= 4 is 0 Å². The molecule has 17 heavy (non-hydrogen) atoms. The number of halogens is 1. The predicted molar refractivity (Wildman–Crippen MR) is 59.6 cm³/mol.